The number of hydrogen-bond donors (Lipinski definition) is 1. The van der Waals surface area contributed by atoms with E-state index in [4.69, 9.17) is 4.74 Å². The Morgan fingerprint density at radius 3 is 2.57 bits per heavy atom. The molecule has 1 atom stereocenters. The summed E-state index contributed by atoms with van der Waals surface area (Å²) in [6.45, 7) is 2.90. The monoisotopic (exact) mass is 302 g/mol. The Kier molecular flexibility index (Phi) is 4.84. The van der Waals surface area contributed by atoms with E-state index >= 15 is 0 Å². The van der Waals surface area contributed by atoms with E-state index in [1.165, 1.54) is 36.1 Å². The average molecular weight is 302 g/mol. The summed E-state index contributed by atoms with van der Waals surface area (Å²) < 4.78 is 45.1. The number of carbonyl (C=O) groups excluding carboxylic acids is 1. The minimum atomic E-state index is -4.38. The van der Waals surface area contributed by atoms with Crippen LogP contribution >= 0.6 is 0 Å². The van der Waals surface area contributed by atoms with Gasteiger partial charge in [0.15, 0.2) is 0 Å². The third-order valence-corrected chi connectivity index (χ3v) is 3.26. The molecule has 0 saturated carbocycles. The Balaban J connectivity index is 2.30. The van der Waals surface area contributed by atoms with Crippen LogP contribution in [0.3, 0.4) is 0 Å². The quantitative estimate of drug-likeness (QED) is 0.686. The van der Waals surface area contributed by atoms with Gasteiger partial charge in [0.25, 0.3) is 0 Å². The van der Waals surface area contributed by atoms with Gasteiger partial charge < -0.3 is 10.1 Å². The molecule has 0 aromatic heterocycles. The number of nitrogens with one attached hydrogen (secondary N) is 1. The topological polar surface area (TPSA) is 41.6 Å². The number of nitrogens with zero attached hydrogens (tertiary/aromatic N) is 1. The van der Waals surface area contributed by atoms with Crippen molar-refractivity contribution in [2.45, 2.75) is 19.1 Å². The van der Waals surface area contributed by atoms with Crippen LogP contribution in [0.15, 0.2) is 24.3 Å². The molecule has 7 heteroatoms. The van der Waals surface area contributed by atoms with Gasteiger partial charge in [0.1, 0.15) is 11.8 Å². The van der Waals surface area contributed by atoms with Crippen LogP contribution in [0.1, 0.15) is 18.5 Å². The van der Waals surface area contributed by atoms with Crippen LogP contribution in [0.4, 0.5) is 13.2 Å². The van der Waals surface area contributed by atoms with Gasteiger partial charge in [-0.25, -0.2) is 0 Å². The molecule has 0 radical (unpaired) electrons. The van der Waals surface area contributed by atoms with E-state index in [-0.39, 0.29) is 11.3 Å². The zero-order chi connectivity index (χ0) is 15.5. The van der Waals surface area contributed by atoms with Crippen LogP contribution in [0.25, 0.3) is 0 Å². The average Bonchev–Trinajstić information content (AvgIpc) is 2.38. The van der Waals surface area contributed by atoms with Crippen molar-refractivity contribution < 1.29 is 22.7 Å². The van der Waals surface area contributed by atoms with Gasteiger partial charge in [-0.15, -0.1) is 0 Å². The van der Waals surface area contributed by atoms with Gasteiger partial charge in [0.2, 0.25) is 0 Å². The lowest BCUT2D eigenvalue weighted by molar-refractivity contribution is -0.187. The molecule has 1 aromatic rings. The first-order valence-electron chi connectivity index (χ1n) is 6.68. The zero-order valence-electron chi connectivity index (χ0n) is 11.6. The first-order valence-corrected chi connectivity index (χ1v) is 6.68. The first-order chi connectivity index (χ1) is 9.88. The summed E-state index contributed by atoms with van der Waals surface area (Å²) in [4.78, 5) is 12.3. The Labute approximate surface area is 120 Å². The van der Waals surface area contributed by atoms with Crippen molar-refractivity contribution >= 4 is 5.97 Å². The molecule has 21 heavy (non-hydrogen) atoms. The molecule has 4 nitrogen and oxygen atoms in total. The van der Waals surface area contributed by atoms with Crippen LogP contribution < -0.4 is 10.1 Å². The van der Waals surface area contributed by atoms with Crippen molar-refractivity contribution in [2.24, 2.45) is 0 Å². The third kappa shape index (κ3) is 4.18. The summed E-state index contributed by atoms with van der Waals surface area (Å²) in [5, 5.41) is 3.03. The van der Waals surface area contributed by atoms with Crippen LogP contribution in [-0.2, 0) is 4.79 Å². The number of hydrogen-bond acceptors (Lipinski definition) is 4. The summed E-state index contributed by atoms with van der Waals surface area (Å²) >= 11 is 0. The van der Waals surface area contributed by atoms with E-state index in [2.05, 4.69) is 5.32 Å². The molecule has 0 spiro atoms. The highest BCUT2D eigenvalue weighted by atomic mass is 19.4. The number of piperazine rings is 1. The maximum atomic E-state index is 13.4. The number of halogens is 3. The van der Waals surface area contributed by atoms with Gasteiger partial charge in [-0.1, -0.05) is 12.1 Å². The molecule has 1 fully saturated rings. The minimum absolute atomic E-state index is 0.0863. The molecule has 1 aliphatic rings. The summed E-state index contributed by atoms with van der Waals surface area (Å²) in [6.07, 6.45) is -4.38. The van der Waals surface area contributed by atoms with E-state index in [1.807, 2.05) is 0 Å². The number of benzene rings is 1. The number of esters is 1. The van der Waals surface area contributed by atoms with Crippen LogP contribution in [0, 0.1) is 0 Å². The predicted molar refractivity (Wildman–Crippen MR) is 71.0 cm³/mol. The smallest absolute Gasteiger partial charge is 0.408 e. The molecule has 1 heterocycles. The Morgan fingerprint density at radius 1 is 1.33 bits per heavy atom. The fraction of sp³-hybridized carbons (Fsp3) is 0.500. The number of alkyl halides is 3. The number of carbonyl (C=O) groups is 1. The van der Waals surface area contributed by atoms with Crippen molar-refractivity contribution in [1.82, 2.24) is 10.2 Å². The SMILES string of the molecule is CC(=O)Oc1cccc([C@@H](N2CCNCC2)C(F)(F)F)c1. The van der Waals surface area contributed by atoms with Gasteiger partial charge in [0, 0.05) is 33.1 Å². The summed E-state index contributed by atoms with van der Waals surface area (Å²) in [5.74, 6) is -0.428. The van der Waals surface area contributed by atoms with Gasteiger partial charge in [-0.05, 0) is 17.7 Å². The van der Waals surface area contributed by atoms with Crippen molar-refractivity contribution in [1.29, 1.82) is 0 Å². The molecule has 0 amide bonds. The molecule has 0 unspecified atom stereocenters. The lowest BCUT2D eigenvalue weighted by Crippen LogP contribution is -2.49. The highest BCUT2D eigenvalue weighted by Crippen LogP contribution is 2.38. The van der Waals surface area contributed by atoms with Crippen molar-refractivity contribution in [3.05, 3.63) is 29.8 Å². The van der Waals surface area contributed by atoms with E-state index in [0.29, 0.717) is 26.2 Å². The van der Waals surface area contributed by atoms with Gasteiger partial charge >= 0.3 is 12.1 Å². The highest BCUT2D eigenvalue weighted by Gasteiger charge is 2.44. The van der Waals surface area contributed by atoms with Gasteiger partial charge in [-0.3, -0.25) is 9.69 Å². The standard InChI is InChI=1S/C14H17F3N2O2/c1-10(20)21-12-4-2-3-11(9-12)13(14(15,16)17)19-7-5-18-6-8-19/h2-4,9,13,18H,5-8H2,1H3/t13-/m1/s1. The van der Waals surface area contributed by atoms with Crippen molar-refractivity contribution in [3.63, 3.8) is 0 Å². The predicted octanol–water partition coefficient (Wildman–Crippen LogP) is 2.12. The first kappa shape index (κ1) is 15.8. The maximum Gasteiger partial charge on any atom is 0.408 e. The van der Waals surface area contributed by atoms with Crippen LogP contribution in [-0.4, -0.2) is 43.2 Å². The minimum Gasteiger partial charge on any atom is -0.427 e. The number of ether oxygens (including phenoxy) is 1. The molecule has 1 aliphatic heterocycles. The second kappa shape index (κ2) is 6.44. The Bertz CT molecular complexity index is 499. The second-order valence-electron chi connectivity index (χ2n) is 4.90. The van der Waals surface area contributed by atoms with Gasteiger partial charge in [0.05, 0.1) is 0 Å². The Morgan fingerprint density at radius 2 is 2.00 bits per heavy atom. The molecule has 0 bridgehead atoms. The van der Waals surface area contributed by atoms with Crippen LogP contribution in [0.5, 0.6) is 5.75 Å². The van der Waals surface area contributed by atoms with E-state index < -0.39 is 18.2 Å². The molecule has 1 aromatic carbocycles. The van der Waals surface area contributed by atoms with Crippen molar-refractivity contribution in [3.8, 4) is 5.75 Å². The van der Waals surface area contributed by atoms with Crippen LogP contribution in [0.2, 0.25) is 0 Å². The van der Waals surface area contributed by atoms with Crippen molar-refractivity contribution in [2.75, 3.05) is 26.2 Å². The third-order valence-electron chi connectivity index (χ3n) is 3.26. The zero-order valence-corrected chi connectivity index (χ0v) is 11.6. The maximum absolute atomic E-state index is 13.4. The molecule has 1 saturated heterocycles. The molecular weight excluding hydrogens is 285 g/mol. The highest BCUT2D eigenvalue weighted by molar-refractivity contribution is 5.69. The molecule has 116 valence electrons. The lowest BCUT2D eigenvalue weighted by atomic mass is 10.0. The summed E-state index contributed by atoms with van der Waals surface area (Å²) in [5.41, 5.74) is 0.0863. The van der Waals surface area contributed by atoms with E-state index in [9.17, 15) is 18.0 Å². The lowest BCUT2D eigenvalue weighted by Gasteiger charge is -2.36. The molecule has 0 aliphatic carbocycles. The molecular formula is C14H17F3N2O2. The van der Waals surface area contributed by atoms with E-state index in [1.54, 1.807) is 0 Å². The normalized spacial score (nSPS) is 18.3. The second-order valence-corrected chi connectivity index (χ2v) is 4.90. The largest absolute Gasteiger partial charge is 0.427 e. The Hall–Kier alpha value is -1.60. The fourth-order valence-electron chi connectivity index (χ4n) is 2.46. The van der Waals surface area contributed by atoms with E-state index in [0.717, 1.165) is 0 Å². The summed E-state index contributed by atoms with van der Waals surface area (Å²) in [6, 6.07) is 3.94. The number of rotatable bonds is 3. The summed E-state index contributed by atoms with van der Waals surface area (Å²) in [7, 11) is 0. The molecule has 2 rings (SSSR count). The fourth-order valence-corrected chi connectivity index (χ4v) is 2.46. The molecule has 1 N–H and O–H groups in total. The van der Waals surface area contributed by atoms with Gasteiger partial charge in [-0.2, -0.15) is 13.2 Å².